The summed E-state index contributed by atoms with van der Waals surface area (Å²) in [5.41, 5.74) is 3.50. The molecule has 1 atom stereocenters. The van der Waals surface area contributed by atoms with Crippen LogP contribution in [0.5, 0.6) is 0 Å². The molecule has 1 fully saturated rings. The van der Waals surface area contributed by atoms with Crippen LogP contribution in [0.1, 0.15) is 16.7 Å². The molecule has 5 heteroatoms. The third kappa shape index (κ3) is 5.58. The molecule has 1 aliphatic heterocycles. The van der Waals surface area contributed by atoms with Gasteiger partial charge in [0.05, 0.1) is 19.3 Å². The lowest BCUT2D eigenvalue weighted by Gasteiger charge is -2.32. The zero-order chi connectivity index (χ0) is 18.2. The highest BCUT2D eigenvalue weighted by Crippen LogP contribution is 2.09. The van der Waals surface area contributed by atoms with Gasteiger partial charge in [0.25, 0.3) is 0 Å². The fourth-order valence-corrected chi connectivity index (χ4v) is 3.02. The summed E-state index contributed by atoms with van der Waals surface area (Å²) in [6, 6.07) is 18.1. The van der Waals surface area contributed by atoms with Gasteiger partial charge in [0, 0.05) is 19.6 Å². The van der Waals surface area contributed by atoms with Crippen molar-refractivity contribution >= 4 is 6.09 Å². The molecule has 1 saturated heterocycles. The lowest BCUT2D eigenvalue weighted by Crippen LogP contribution is -2.49. The van der Waals surface area contributed by atoms with Crippen LogP contribution in [0.15, 0.2) is 54.6 Å². The molecule has 0 radical (unpaired) electrons. The summed E-state index contributed by atoms with van der Waals surface area (Å²) in [7, 11) is 0. The van der Waals surface area contributed by atoms with Gasteiger partial charge in [-0.05, 0) is 18.1 Å². The number of amides is 1. The predicted molar refractivity (Wildman–Crippen MR) is 101 cm³/mol. The van der Waals surface area contributed by atoms with E-state index in [1.54, 1.807) is 4.90 Å². The van der Waals surface area contributed by atoms with Crippen LogP contribution in [0.25, 0.3) is 0 Å². The monoisotopic (exact) mass is 354 g/mol. The minimum absolute atomic E-state index is 0.0159. The normalized spacial score (nSPS) is 17.1. The molecule has 0 saturated carbocycles. The molecule has 5 nitrogen and oxygen atoms in total. The highest BCUT2D eigenvalue weighted by atomic mass is 16.6. The number of nitrogens with one attached hydrogen (secondary N) is 1. The highest BCUT2D eigenvalue weighted by molar-refractivity contribution is 5.67. The van der Waals surface area contributed by atoms with Gasteiger partial charge in [0.15, 0.2) is 0 Å². The van der Waals surface area contributed by atoms with E-state index in [4.69, 9.17) is 9.47 Å². The molecule has 0 aliphatic carbocycles. The molecule has 0 spiro atoms. The second kappa shape index (κ2) is 9.36. The third-order valence-corrected chi connectivity index (χ3v) is 4.39. The molecule has 0 bridgehead atoms. The smallest absolute Gasteiger partial charge is 0.410 e. The topological polar surface area (TPSA) is 50.8 Å². The molecule has 1 N–H and O–H groups in total. The van der Waals surface area contributed by atoms with E-state index in [2.05, 4.69) is 36.5 Å². The summed E-state index contributed by atoms with van der Waals surface area (Å²) in [4.78, 5) is 14.0. The number of carbonyl (C=O) groups excluding carboxylic acids is 1. The van der Waals surface area contributed by atoms with E-state index < -0.39 is 0 Å². The third-order valence-electron chi connectivity index (χ3n) is 4.39. The first-order valence-electron chi connectivity index (χ1n) is 9.04. The molecule has 1 aliphatic rings. The van der Waals surface area contributed by atoms with E-state index in [0.29, 0.717) is 32.8 Å². The Hall–Kier alpha value is -2.37. The first-order chi connectivity index (χ1) is 12.7. The van der Waals surface area contributed by atoms with Gasteiger partial charge in [0.2, 0.25) is 0 Å². The van der Waals surface area contributed by atoms with Gasteiger partial charge in [-0.2, -0.15) is 0 Å². The molecule has 138 valence electrons. The molecule has 1 amide bonds. The minimum atomic E-state index is -0.277. The van der Waals surface area contributed by atoms with Crippen molar-refractivity contribution in [3.63, 3.8) is 0 Å². The van der Waals surface area contributed by atoms with Gasteiger partial charge in [-0.15, -0.1) is 0 Å². The van der Waals surface area contributed by atoms with E-state index in [9.17, 15) is 4.79 Å². The summed E-state index contributed by atoms with van der Waals surface area (Å²) in [6.07, 6.45) is -0.293. The van der Waals surface area contributed by atoms with Gasteiger partial charge >= 0.3 is 6.09 Å². The number of rotatable bonds is 6. The van der Waals surface area contributed by atoms with Crippen LogP contribution in [0.2, 0.25) is 0 Å². The molecular formula is C21H26N2O3. The number of ether oxygens (including phenoxy) is 2. The Kier molecular flexibility index (Phi) is 6.63. The molecule has 1 unspecified atom stereocenters. The fraction of sp³-hybridized carbons (Fsp3) is 0.381. The van der Waals surface area contributed by atoms with Crippen LogP contribution >= 0.6 is 0 Å². The fourth-order valence-electron chi connectivity index (χ4n) is 3.02. The van der Waals surface area contributed by atoms with Crippen LogP contribution in [0, 0.1) is 6.92 Å². The Bertz CT molecular complexity index is 705. The van der Waals surface area contributed by atoms with Gasteiger partial charge in [-0.3, -0.25) is 0 Å². The van der Waals surface area contributed by atoms with Gasteiger partial charge in [0.1, 0.15) is 6.61 Å². The maximum absolute atomic E-state index is 12.3. The summed E-state index contributed by atoms with van der Waals surface area (Å²) in [5, 5.41) is 3.41. The molecule has 1 heterocycles. The molecule has 2 aromatic rings. The second-order valence-corrected chi connectivity index (χ2v) is 6.60. The van der Waals surface area contributed by atoms with Crippen molar-refractivity contribution in [3.05, 3.63) is 71.3 Å². The largest absolute Gasteiger partial charge is 0.445 e. The number of aryl methyl sites for hydroxylation is 1. The van der Waals surface area contributed by atoms with Crippen molar-refractivity contribution in [2.45, 2.75) is 26.2 Å². The van der Waals surface area contributed by atoms with Crippen LogP contribution < -0.4 is 5.32 Å². The van der Waals surface area contributed by atoms with Crippen LogP contribution in [-0.4, -0.2) is 43.3 Å². The molecule has 2 aromatic carbocycles. The molecule has 3 rings (SSSR count). The quantitative estimate of drug-likeness (QED) is 0.866. The van der Waals surface area contributed by atoms with E-state index in [0.717, 1.165) is 12.1 Å². The zero-order valence-corrected chi connectivity index (χ0v) is 15.2. The summed E-state index contributed by atoms with van der Waals surface area (Å²) in [5.74, 6) is 0. The Balaban J connectivity index is 1.41. The van der Waals surface area contributed by atoms with Gasteiger partial charge in [-0.1, -0.05) is 60.2 Å². The Morgan fingerprint density at radius 1 is 1.19 bits per heavy atom. The first-order valence-corrected chi connectivity index (χ1v) is 9.04. The summed E-state index contributed by atoms with van der Waals surface area (Å²) in [6.45, 7) is 5.55. The van der Waals surface area contributed by atoms with Crippen molar-refractivity contribution in [2.24, 2.45) is 0 Å². The van der Waals surface area contributed by atoms with Crippen molar-refractivity contribution in [2.75, 3.05) is 26.2 Å². The SMILES string of the molecule is Cc1cccc(CNCC2CN(C(=O)OCc3ccccc3)CCO2)c1. The summed E-state index contributed by atoms with van der Waals surface area (Å²) >= 11 is 0. The maximum atomic E-state index is 12.3. The number of hydrogen-bond donors (Lipinski definition) is 1. The number of benzene rings is 2. The first kappa shape index (κ1) is 18.4. The number of morpholine rings is 1. The Labute approximate surface area is 154 Å². The Morgan fingerprint density at radius 2 is 2.00 bits per heavy atom. The van der Waals surface area contributed by atoms with Crippen LogP contribution in [0.3, 0.4) is 0 Å². The number of nitrogens with zero attached hydrogens (tertiary/aromatic N) is 1. The zero-order valence-electron chi connectivity index (χ0n) is 15.2. The Morgan fingerprint density at radius 3 is 2.81 bits per heavy atom. The van der Waals surface area contributed by atoms with Crippen molar-refractivity contribution < 1.29 is 14.3 Å². The standard InChI is InChI=1S/C21H26N2O3/c1-17-6-5-9-19(12-17)13-22-14-20-15-23(10-11-25-20)21(24)26-16-18-7-3-2-4-8-18/h2-9,12,20,22H,10-11,13-16H2,1H3. The predicted octanol–water partition coefficient (Wildman–Crippen LogP) is 3.12. The highest BCUT2D eigenvalue weighted by Gasteiger charge is 2.25. The molecular weight excluding hydrogens is 328 g/mol. The van der Waals surface area contributed by atoms with Gasteiger partial charge < -0.3 is 19.7 Å². The average molecular weight is 354 g/mol. The van der Waals surface area contributed by atoms with E-state index >= 15 is 0 Å². The molecule has 26 heavy (non-hydrogen) atoms. The van der Waals surface area contributed by atoms with Crippen LogP contribution in [0.4, 0.5) is 4.79 Å². The van der Waals surface area contributed by atoms with Crippen LogP contribution in [-0.2, 0) is 22.6 Å². The van der Waals surface area contributed by atoms with Crippen molar-refractivity contribution in [1.29, 1.82) is 0 Å². The lowest BCUT2D eigenvalue weighted by molar-refractivity contribution is -0.0271. The van der Waals surface area contributed by atoms with Crippen molar-refractivity contribution in [1.82, 2.24) is 10.2 Å². The summed E-state index contributed by atoms with van der Waals surface area (Å²) < 4.78 is 11.2. The molecule has 0 aromatic heterocycles. The van der Waals surface area contributed by atoms with E-state index in [-0.39, 0.29) is 12.2 Å². The lowest BCUT2D eigenvalue weighted by atomic mass is 10.1. The number of carbonyl (C=O) groups is 1. The number of hydrogen-bond acceptors (Lipinski definition) is 4. The van der Waals surface area contributed by atoms with E-state index in [1.807, 2.05) is 30.3 Å². The minimum Gasteiger partial charge on any atom is -0.445 e. The average Bonchev–Trinajstić information content (AvgIpc) is 2.67. The van der Waals surface area contributed by atoms with Gasteiger partial charge in [-0.25, -0.2) is 4.79 Å². The second-order valence-electron chi connectivity index (χ2n) is 6.60. The van der Waals surface area contributed by atoms with Crippen molar-refractivity contribution in [3.8, 4) is 0 Å². The van der Waals surface area contributed by atoms with E-state index in [1.165, 1.54) is 11.1 Å². The maximum Gasteiger partial charge on any atom is 0.410 e.